The zero-order valence-corrected chi connectivity index (χ0v) is 16.2. The van der Waals surface area contributed by atoms with Crippen LogP contribution in [0.4, 0.5) is 5.69 Å². The van der Waals surface area contributed by atoms with E-state index in [-0.39, 0.29) is 5.92 Å². The number of amides is 2. The fourth-order valence-electron chi connectivity index (χ4n) is 2.43. The van der Waals surface area contributed by atoms with Gasteiger partial charge in [-0.05, 0) is 36.2 Å². The predicted octanol–water partition coefficient (Wildman–Crippen LogP) is 3.71. The van der Waals surface area contributed by atoms with Crippen molar-refractivity contribution in [1.82, 2.24) is 5.43 Å². The van der Waals surface area contributed by atoms with E-state index in [0.29, 0.717) is 22.0 Å². The van der Waals surface area contributed by atoms with Gasteiger partial charge in [-0.1, -0.05) is 43.6 Å². The van der Waals surface area contributed by atoms with Gasteiger partial charge in [-0.15, -0.1) is 0 Å². The molecule has 6 nitrogen and oxygen atoms in total. The molecule has 2 rings (SSSR count). The van der Waals surface area contributed by atoms with Crippen molar-refractivity contribution in [2.75, 3.05) is 12.4 Å². The third-order valence-corrected chi connectivity index (χ3v) is 4.22. The van der Waals surface area contributed by atoms with Gasteiger partial charge in [0.25, 0.3) is 5.91 Å². The Bertz CT molecular complexity index is 819. The highest BCUT2D eigenvalue weighted by atomic mass is 35.5. The summed E-state index contributed by atoms with van der Waals surface area (Å²) in [6, 6.07) is 14.0. The molecule has 0 radical (unpaired) electrons. The number of hydrazone groups is 1. The van der Waals surface area contributed by atoms with Crippen molar-refractivity contribution in [2.24, 2.45) is 16.9 Å². The first-order chi connectivity index (χ1) is 12.9. The van der Waals surface area contributed by atoms with Crippen LogP contribution in [0.3, 0.4) is 0 Å². The zero-order chi connectivity index (χ0) is 19.8. The molecule has 1 unspecified atom stereocenters. The van der Waals surface area contributed by atoms with Crippen LogP contribution in [-0.4, -0.2) is 25.1 Å². The van der Waals surface area contributed by atoms with Gasteiger partial charge in [0.05, 0.1) is 13.3 Å². The Morgan fingerprint density at radius 2 is 1.74 bits per heavy atom. The van der Waals surface area contributed by atoms with Gasteiger partial charge in [0, 0.05) is 16.3 Å². The van der Waals surface area contributed by atoms with Gasteiger partial charge in [0.15, 0.2) is 0 Å². The lowest BCUT2D eigenvalue weighted by molar-refractivity contribution is -0.134. The van der Waals surface area contributed by atoms with Gasteiger partial charge in [-0.2, -0.15) is 5.10 Å². The monoisotopic (exact) mass is 387 g/mol. The number of carbonyl (C=O) groups is 2. The van der Waals surface area contributed by atoms with E-state index in [0.717, 1.165) is 0 Å². The van der Waals surface area contributed by atoms with E-state index in [2.05, 4.69) is 15.8 Å². The van der Waals surface area contributed by atoms with Crippen LogP contribution in [0.2, 0.25) is 5.02 Å². The summed E-state index contributed by atoms with van der Waals surface area (Å²) in [7, 11) is 1.57. The molecule has 0 fully saturated rings. The second-order valence-corrected chi connectivity index (χ2v) is 6.60. The summed E-state index contributed by atoms with van der Waals surface area (Å²) in [6.45, 7) is 3.60. The summed E-state index contributed by atoms with van der Waals surface area (Å²) in [6.07, 6.45) is 1.44. The largest absolute Gasteiger partial charge is 0.497 e. The number of nitrogens with zero attached hydrogens (tertiary/aromatic N) is 1. The maximum Gasteiger partial charge on any atom is 0.252 e. The lowest BCUT2D eigenvalue weighted by Gasteiger charge is -2.18. The van der Waals surface area contributed by atoms with Crippen LogP contribution in [-0.2, 0) is 9.59 Å². The summed E-state index contributed by atoms with van der Waals surface area (Å²) >= 11 is 6.04. The van der Waals surface area contributed by atoms with Crippen molar-refractivity contribution >= 4 is 35.3 Å². The van der Waals surface area contributed by atoms with Crippen LogP contribution in [0.15, 0.2) is 53.6 Å². The number of hydrogen-bond donors (Lipinski definition) is 2. The van der Waals surface area contributed by atoms with Gasteiger partial charge in [0.2, 0.25) is 5.91 Å². The molecular weight excluding hydrogens is 366 g/mol. The number of ether oxygens (including phenoxy) is 1. The molecule has 0 saturated carbocycles. The number of carbonyl (C=O) groups excluding carboxylic acids is 2. The SMILES string of the molecule is COc1ccc(NC(=O)C(C(=O)NN=Cc2ccccc2Cl)C(C)C)cc1. The number of methoxy groups -OCH3 is 1. The molecule has 0 aromatic heterocycles. The van der Waals surface area contributed by atoms with Crippen LogP contribution in [0.5, 0.6) is 5.75 Å². The molecule has 0 aliphatic carbocycles. The van der Waals surface area contributed by atoms with E-state index in [4.69, 9.17) is 16.3 Å². The molecule has 1 atom stereocenters. The second kappa shape index (κ2) is 9.73. The highest BCUT2D eigenvalue weighted by Gasteiger charge is 2.29. The van der Waals surface area contributed by atoms with Crippen molar-refractivity contribution in [3.05, 3.63) is 59.1 Å². The maximum atomic E-state index is 12.6. The normalized spacial score (nSPS) is 12.0. The van der Waals surface area contributed by atoms with Crippen molar-refractivity contribution in [3.63, 3.8) is 0 Å². The Morgan fingerprint density at radius 1 is 1.07 bits per heavy atom. The first kappa shape index (κ1) is 20.5. The molecule has 7 heteroatoms. The van der Waals surface area contributed by atoms with Crippen molar-refractivity contribution in [2.45, 2.75) is 13.8 Å². The van der Waals surface area contributed by atoms with Crippen molar-refractivity contribution in [3.8, 4) is 5.75 Å². The summed E-state index contributed by atoms with van der Waals surface area (Å²) in [5, 5.41) is 7.18. The minimum Gasteiger partial charge on any atom is -0.497 e. The molecule has 2 N–H and O–H groups in total. The Labute approximate surface area is 163 Å². The highest BCUT2D eigenvalue weighted by Crippen LogP contribution is 2.18. The maximum absolute atomic E-state index is 12.6. The average Bonchev–Trinajstić information content (AvgIpc) is 2.63. The molecule has 27 heavy (non-hydrogen) atoms. The van der Waals surface area contributed by atoms with E-state index >= 15 is 0 Å². The van der Waals surface area contributed by atoms with Gasteiger partial charge >= 0.3 is 0 Å². The molecule has 2 aromatic carbocycles. The van der Waals surface area contributed by atoms with Crippen molar-refractivity contribution < 1.29 is 14.3 Å². The molecule has 0 spiro atoms. The lowest BCUT2D eigenvalue weighted by atomic mass is 9.94. The van der Waals surface area contributed by atoms with Crippen LogP contribution < -0.4 is 15.5 Å². The first-order valence-corrected chi connectivity index (χ1v) is 8.82. The van der Waals surface area contributed by atoms with E-state index < -0.39 is 17.7 Å². The number of anilines is 1. The number of nitrogens with one attached hydrogen (secondary N) is 2. The van der Waals surface area contributed by atoms with Gasteiger partial charge in [-0.25, -0.2) is 5.43 Å². The smallest absolute Gasteiger partial charge is 0.252 e. The Kier molecular flexibility index (Phi) is 7.37. The third-order valence-electron chi connectivity index (χ3n) is 3.87. The van der Waals surface area contributed by atoms with Gasteiger partial charge in [-0.3, -0.25) is 9.59 Å². The Balaban J connectivity index is 2.03. The molecular formula is C20H22ClN3O3. The summed E-state index contributed by atoms with van der Waals surface area (Å²) in [5.41, 5.74) is 3.67. The van der Waals surface area contributed by atoms with Gasteiger partial charge in [0.1, 0.15) is 11.7 Å². The summed E-state index contributed by atoms with van der Waals surface area (Å²) in [5.74, 6) is -1.31. The van der Waals surface area contributed by atoms with E-state index in [1.807, 2.05) is 6.07 Å². The number of benzene rings is 2. The molecule has 0 saturated heterocycles. The minimum absolute atomic E-state index is 0.209. The molecule has 0 heterocycles. The topological polar surface area (TPSA) is 79.8 Å². The van der Waals surface area contributed by atoms with Crippen LogP contribution in [0.1, 0.15) is 19.4 Å². The number of rotatable bonds is 7. The minimum atomic E-state index is -0.893. The molecule has 142 valence electrons. The van der Waals surface area contributed by atoms with Crippen molar-refractivity contribution in [1.29, 1.82) is 0 Å². The van der Waals surface area contributed by atoms with Gasteiger partial charge < -0.3 is 10.1 Å². The fourth-order valence-corrected chi connectivity index (χ4v) is 2.62. The summed E-state index contributed by atoms with van der Waals surface area (Å²) < 4.78 is 5.09. The van der Waals surface area contributed by atoms with Crippen LogP contribution >= 0.6 is 11.6 Å². The molecule has 0 aliphatic rings. The quantitative estimate of drug-likeness (QED) is 0.431. The molecule has 0 aliphatic heterocycles. The standard InChI is InChI=1S/C20H22ClN3O3/c1-13(2)18(19(25)23-15-8-10-16(27-3)11-9-15)20(26)24-22-12-14-6-4-5-7-17(14)21/h4-13,18H,1-3H3,(H,23,25)(H,24,26). The number of hydrogen-bond acceptors (Lipinski definition) is 4. The summed E-state index contributed by atoms with van der Waals surface area (Å²) in [4.78, 5) is 25.0. The van der Waals surface area contributed by atoms with E-state index in [1.165, 1.54) is 6.21 Å². The second-order valence-electron chi connectivity index (χ2n) is 6.20. The predicted molar refractivity (Wildman–Crippen MR) is 107 cm³/mol. The Hall–Kier alpha value is -2.86. The number of halogens is 1. The third kappa shape index (κ3) is 5.82. The fraction of sp³-hybridized carbons (Fsp3) is 0.250. The zero-order valence-electron chi connectivity index (χ0n) is 15.4. The average molecular weight is 388 g/mol. The Morgan fingerprint density at radius 3 is 2.33 bits per heavy atom. The van der Waals surface area contributed by atoms with Crippen LogP contribution in [0, 0.1) is 11.8 Å². The van der Waals surface area contributed by atoms with E-state index in [9.17, 15) is 9.59 Å². The lowest BCUT2D eigenvalue weighted by Crippen LogP contribution is -2.39. The molecule has 2 aromatic rings. The molecule has 2 amide bonds. The first-order valence-electron chi connectivity index (χ1n) is 8.44. The highest BCUT2D eigenvalue weighted by molar-refractivity contribution is 6.33. The van der Waals surface area contributed by atoms with Crippen LogP contribution in [0.25, 0.3) is 0 Å². The van der Waals surface area contributed by atoms with E-state index in [1.54, 1.807) is 63.4 Å². The molecule has 0 bridgehead atoms.